The molecule has 0 saturated heterocycles. The van der Waals surface area contributed by atoms with Crippen molar-refractivity contribution >= 4 is 34.4 Å². The van der Waals surface area contributed by atoms with Crippen LogP contribution in [0.1, 0.15) is 35.1 Å². The molecule has 0 saturated carbocycles. The van der Waals surface area contributed by atoms with Gasteiger partial charge in [0.05, 0.1) is 12.0 Å². The summed E-state index contributed by atoms with van der Waals surface area (Å²) in [6.07, 6.45) is 3.61. The van der Waals surface area contributed by atoms with Crippen LogP contribution >= 0.6 is 11.6 Å². The number of aliphatic carboxylic acids is 1. The Hall–Kier alpha value is -3.32. The number of hydrogen-bond acceptors (Lipinski definition) is 6. The van der Waals surface area contributed by atoms with Gasteiger partial charge in [-0.15, -0.1) is 0 Å². The average Bonchev–Trinajstić information content (AvgIpc) is 2.80. The molecule has 3 aromatic rings. The van der Waals surface area contributed by atoms with E-state index in [2.05, 4.69) is 5.32 Å². The van der Waals surface area contributed by atoms with Crippen LogP contribution in [0, 0.1) is 6.92 Å². The fourth-order valence-electron chi connectivity index (χ4n) is 4.21. The minimum absolute atomic E-state index is 0.0521. The standard InChI is InChI=1S/C25H24ClNO6/c1-14-21(11-10-18-17-4-2-3-5-19(17)25(31)33-23(14)18)32-13-22(28)27-20(24(29)30)12-15-6-8-16(26)9-7-15/h6-11,20H,2-5,12-13H2,1H3,(H,27,28)(H,29,30)/p-1/t20-/m0/s1. The zero-order valence-electron chi connectivity index (χ0n) is 18.1. The van der Waals surface area contributed by atoms with Gasteiger partial charge in [0.2, 0.25) is 0 Å². The fourth-order valence-corrected chi connectivity index (χ4v) is 4.34. The van der Waals surface area contributed by atoms with Gasteiger partial charge in [0.25, 0.3) is 5.91 Å². The molecule has 4 rings (SSSR count). The molecule has 0 aliphatic heterocycles. The fraction of sp³-hybridized carbons (Fsp3) is 0.320. The van der Waals surface area contributed by atoms with Gasteiger partial charge < -0.3 is 24.4 Å². The summed E-state index contributed by atoms with van der Waals surface area (Å²) in [7, 11) is 0. The molecule has 1 N–H and O–H groups in total. The third kappa shape index (κ3) is 5.03. The second-order valence-corrected chi connectivity index (χ2v) is 8.61. The lowest BCUT2D eigenvalue weighted by Crippen LogP contribution is -2.50. The number of carbonyl (C=O) groups is 2. The minimum atomic E-state index is -1.40. The first kappa shape index (κ1) is 22.9. The Balaban J connectivity index is 1.46. The van der Waals surface area contributed by atoms with Crippen molar-refractivity contribution in [2.75, 3.05) is 6.61 Å². The van der Waals surface area contributed by atoms with Crippen molar-refractivity contribution in [2.45, 2.75) is 45.1 Å². The summed E-state index contributed by atoms with van der Waals surface area (Å²) in [4.78, 5) is 36.3. The third-order valence-corrected chi connectivity index (χ3v) is 6.17. The van der Waals surface area contributed by atoms with Gasteiger partial charge in [0.15, 0.2) is 6.61 Å². The SMILES string of the molecule is Cc1c(OCC(=O)N[C@@H](Cc2ccc(Cl)cc2)C(=O)[O-])ccc2c3c(c(=O)oc12)CCCC3. The number of carboxylic acid groups (broad SMARTS) is 1. The van der Waals surface area contributed by atoms with Crippen LogP contribution in [0.2, 0.25) is 5.02 Å². The first-order valence-electron chi connectivity index (χ1n) is 10.8. The summed E-state index contributed by atoms with van der Waals surface area (Å²) in [6, 6.07) is 9.03. The number of carboxylic acids is 1. The molecule has 2 aromatic carbocycles. The van der Waals surface area contributed by atoms with Crippen LogP contribution in [0.5, 0.6) is 5.75 Å². The molecule has 1 aromatic heterocycles. The van der Waals surface area contributed by atoms with Gasteiger partial charge in [-0.2, -0.15) is 0 Å². The lowest BCUT2D eigenvalue weighted by atomic mass is 9.90. The van der Waals surface area contributed by atoms with Crippen LogP contribution in [0.15, 0.2) is 45.6 Å². The van der Waals surface area contributed by atoms with Crippen molar-refractivity contribution in [3.05, 3.63) is 74.1 Å². The molecule has 1 heterocycles. The summed E-state index contributed by atoms with van der Waals surface area (Å²) < 4.78 is 11.2. The highest BCUT2D eigenvalue weighted by Crippen LogP contribution is 2.32. The molecule has 0 radical (unpaired) electrons. The van der Waals surface area contributed by atoms with Crippen LogP contribution in [-0.4, -0.2) is 24.5 Å². The van der Waals surface area contributed by atoms with E-state index in [1.54, 1.807) is 37.3 Å². The highest BCUT2D eigenvalue weighted by molar-refractivity contribution is 6.30. The van der Waals surface area contributed by atoms with Crippen LogP contribution < -0.4 is 20.8 Å². The summed E-state index contributed by atoms with van der Waals surface area (Å²) in [6.45, 7) is 1.37. The lowest BCUT2D eigenvalue weighted by Gasteiger charge is -2.20. The van der Waals surface area contributed by atoms with Gasteiger partial charge in [0, 0.05) is 21.5 Å². The number of fused-ring (bicyclic) bond motifs is 3. The molecule has 7 nitrogen and oxygen atoms in total. The molecular formula is C25H23ClNO6-. The Morgan fingerprint density at radius 2 is 1.82 bits per heavy atom. The topological polar surface area (TPSA) is 109 Å². The van der Waals surface area contributed by atoms with Crippen molar-refractivity contribution < 1.29 is 23.8 Å². The van der Waals surface area contributed by atoms with E-state index in [0.717, 1.165) is 42.2 Å². The number of aryl methyl sites for hydroxylation is 2. The lowest BCUT2D eigenvalue weighted by molar-refractivity contribution is -0.308. The highest BCUT2D eigenvalue weighted by atomic mass is 35.5. The number of hydrogen-bond donors (Lipinski definition) is 1. The quantitative estimate of drug-likeness (QED) is 0.534. The average molecular weight is 469 g/mol. The molecule has 172 valence electrons. The van der Waals surface area contributed by atoms with Crippen molar-refractivity contribution in [1.82, 2.24) is 5.32 Å². The molecule has 33 heavy (non-hydrogen) atoms. The van der Waals surface area contributed by atoms with E-state index in [-0.39, 0.29) is 12.0 Å². The second kappa shape index (κ2) is 9.67. The van der Waals surface area contributed by atoms with Crippen molar-refractivity contribution in [2.24, 2.45) is 0 Å². The highest BCUT2D eigenvalue weighted by Gasteiger charge is 2.21. The van der Waals surface area contributed by atoms with E-state index < -0.39 is 24.5 Å². The maximum Gasteiger partial charge on any atom is 0.339 e. The molecule has 1 aliphatic carbocycles. The Bertz CT molecular complexity index is 1260. The normalized spacial score (nSPS) is 13.9. The summed E-state index contributed by atoms with van der Waals surface area (Å²) in [5.74, 6) is -1.62. The molecule has 8 heteroatoms. The smallest absolute Gasteiger partial charge is 0.339 e. The molecule has 0 unspecified atom stereocenters. The number of benzene rings is 2. The summed E-state index contributed by atoms with van der Waals surface area (Å²) >= 11 is 5.85. The minimum Gasteiger partial charge on any atom is -0.548 e. The van der Waals surface area contributed by atoms with E-state index >= 15 is 0 Å². The Labute approximate surface area is 195 Å². The first-order valence-corrected chi connectivity index (χ1v) is 11.2. The van der Waals surface area contributed by atoms with Crippen molar-refractivity contribution in [3.63, 3.8) is 0 Å². The van der Waals surface area contributed by atoms with Gasteiger partial charge >= 0.3 is 5.63 Å². The molecule has 0 spiro atoms. The van der Waals surface area contributed by atoms with E-state index in [4.69, 9.17) is 20.8 Å². The maximum absolute atomic E-state index is 12.4. The van der Waals surface area contributed by atoms with E-state index in [1.807, 2.05) is 6.07 Å². The molecule has 0 fully saturated rings. The number of halogens is 1. The Morgan fingerprint density at radius 1 is 1.12 bits per heavy atom. The van der Waals surface area contributed by atoms with Gasteiger partial charge in [-0.25, -0.2) is 4.79 Å². The van der Waals surface area contributed by atoms with Crippen LogP contribution in [0.25, 0.3) is 11.0 Å². The van der Waals surface area contributed by atoms with E-state index in [0.29, 0.717) is 27.5 Å². The van der Waals surface area contributed by atoms with Gasteiger partial charge in [0.1, 0.15) is 11.3 Å². The Kier molecular flexibility index (Phi) is 6.70. The second-order valence-electron chi connectivity index (χ2n) is 8.18. The summed E-state index contributed by atoms with van der Waals surface area (Å²) in [5.41, 5.74) is 3.21. The van der Waals surface area contributed by atoms with Crippen LogP contribution in [-0.2, 0) is 28.9 Å². The van der Waals surface area contributed by atoms with E-state index in [9.17, 15) is 19.5 Å². The number of nitrogens with one attached hydrogen (secondary N) is 1. The van der Waals surface area contributed by atoms with E-state index in [1.165, 1.54) is 0 Å². The molecule has 1 amide bonds. The van der Waals surface area contributed by atoms with Crippen molar-refractivity contribution in [3.8, 4) is 5.75 Å². The molecular weight excluding hydrogens is 446 g/mol. The number of ether oxygens (including phenoxy) is 1. The number of amides is 1. The third-order valence-electron chi connectivity index (χ3n) is 5.92. The van der Waals surface area contributed by atoms with Gasteiger partial charge in [-0.3, -0.25) is 4.79 Å². The van der Waals surface area contributed by atoms with Gasteiger partial charge in [-0.05, 0) is 74.4 Å². The maximum atomic E-state index is 12.4. The van der Waals surface area contributed by atoms with Crippen LogP contribution in [0.4, 0.5) is 0 Å². The van der Waals surface area contributed by atoms with Crippen LogP contribution in [0.3, 0.4) is 0 Å². The number of carbonyl (C=O) groups excluding carboxylic acids is 2. The molecule has 1 atom stereocenters. The zero-order chi connectivity index (χ0) is 23.5. The first-order chi connectivity index (χ1) is 15.8. The number of rotatable bonds is 7. The predicted molar refractivity (Wildman–Crippen MR) is 121 cm³/mol. The van der Waals surface area contributed by atoms with Crippen molar-refractivity contribution in [1.29, 1.82) is 0 Å². The Morgan fingerprint density at radius 3 is 2.52 bits per heavy atom. The monoisotopic (exact) mass is 468 g/mol. The largest absolute Gasteiger partial charge is 0.548 e. The summed E-state index contributed by atoms with van der Waals surface area (Å²) in [5, 5.41) is 15.3. The molecule has 0 bridgehead atoms. The predicted octanol–water partition coefficient (Wildman–Crippen LogP) is 2.49. The van der Waals surface area contributed by atoms with Gasteiger partial charge in [-0.1, -0.05) is 23.7 Å². The molecule has 1 aliphatic rings. The zero-order valence-corrected chi connectivity index (χ0v) is 18.9.